The highest BCUT2D eigenvalue weighted by Gasteiger charge is 2.11. The van der Waals surface area contributed by atoms with Gasteiger partial charge in [0, 0.05) is 10.7 Å². The Kier molecular flexibility index (Phi) is 5.28. The first-order chi connectivity index (χ1) is 11.7. The number of rotatable bonds is 5. The number of hydrogen-bond acceptors (Lipinski definition) is 4. The Morgan fingerprint density at radius 3 is 2.79 bits per heavy atom. The van der Waals surface area contributed by atoms with E-state index in [9.17, 15) is 4.79 Å². The number of benzene rings is 2. The number of nitrogens with one attached hydrogen (secondary N) is 1. The SMILES string of the molecule is O=C(Cc1ccc(Br)cc1)NN=CC=Cc1ccc2c(c1)OCO2. The van der Waals surface area contributed by atoms with E-state index in [2.05, 4.69) is 26.5 Å². The lowest BCUT2D eigenvalue weighted by atomic mass is 10.1. The third-order valence-corrected chi connectivity index (χ3v) is 3.84. The fourth-order valence-corrected chi connectivity index (χ4v) is 2.41. The molecule has 1 aliphatic heterocycles. The molecule has 0 aliphatic carbocycles. The zero-order valence-electron chi connectivity index (χ0n) is 12.7. The highest BCUT2D eigenvalue weighted by molar-refractivity contribution is 9.10. The largest absolute Gasteiger partial charge is 0.454 e. The molecular formula is C18H15BrN2O3. The average Bonchev–Trinajstić information content (AvgIpc) is 3.04. The van der Waals surface area contributed by atoms with Gasteiger partial charge >= 0.3 is 0 Å². The molecule has 0 saturated carbocycles. The number of nitrogens with zero attached hydrogens (tertiary/aromatic N) is 1. The zero-order chi connectivity index (χ0) is 16.8. The van der Waals surface area contributed by atoms with Crippen LogP contribution in [0.2, 0.25) is 0 Å². The van der Waals surface area contributed by atoms with Gasteiger partial charge in [-0.05, 0) is 41.5 Å². The molecule has 0 saturated heterocycles. The van der Waals surface area contributed by atoms with E-state index in [1.165, 1.54) is 6.21 Å². The predicted octanol–water partition coefficient (Wildman–Crippen LogP) is 3.54. The van der Waals surface area contributed by atoms with E-state index in [1.807, 2.05) is 48.5 Å². The smallest absolute Gasteiger partial charge is 0.244 e. The Hall–Kier alpha value is -2.60. The van der Waals surface area contributed by atoms with Crippen LogP contribution < -0.4 is 14.9 Å². The van der Waals surface area contributed by atoms with Crippen molar-refractivity contribution in [2.24, 2.45) is 5.10 Å². The van der Waals surface area contributed by atoms with E-state index < -0.39 is 0 Å². The standard InChI is InChI=1S/C18H15BrN2O3/c19-15-6-3-14(4-7-15)11-18(22)21-20-9-1-2-13-5-8-16-17(10-13)24-12-23-16/h1-10H,11-12H2,(H,21,22). The van der Waals surface area contributed by atoms with Crippen LogP contribution in [0.5, 0.6) is 11.5 Å². The molecule has 1 aliphatic rings. The number of ether oxygens (including phenoxy) is 2. The molecule has 2 aromatic rings. The van der Waals surface area contributed by atoms with Gasteiger partial charge in [0.1, 0.15) is 0 Å². The summed E-state index contributed by atoms with van der Waals surface area (Å²) in [5, 5.41) is 3.90. The number of hydrazone groups is 1. The molecule has 1 N–H and O–H groups in total. The van der Waals surface area contributed by atoms with E-state index in [4.69, 9.17) is 9.47 Å². The van der Waals surface area contributed by atoms with E-state index in [1.54, 1.807) is 6.08 Å². The number of hydrogen-bond donors (Lipinski definition) is 1. The van der Waals surface area contributed by atoms with Crippen molar-refractivity contribution < 1.29 is 14.3 Å². The first kappa shape index (κ1) is 16.3. The fourth-order valence-electron chi connectivity index (χ4n) is 2.15. The van der Waals surface area contributed by atoms with Gasteiger partial charge in [-0.15, -0.1) is 0 Å². The number of allylic oxidation sites excluding steroid dienone is 1. The summed E-state index contributed by atoms with van der Waals surface area (Å²) >= 11 is 3.36. The lowest BCUT2D eigenvalue weighted by molar-refractivity contribution is -0.120. The van der Waals surface area contributed by atoms with Crippen LogP contribution in [0.4, 0.5) is 0 Å². The number of fused-ring (bicyclic) bond motifs is 1. The molecule has 122 valence electrons. The first-order valence-corrected chi connectivity index (χ1v) is 8.13. The molecule has 0 unspecified atom stereocenters. The van der Waals surface area contributed by atoms with Gasteiger partial charge in [0.05, 0.1) is 6.42 Å². The van der Waals surface area contributed by atoms with E-state index in [0.29, 0.717) is 0 Å². The van der Waals surface area contributed by atoms with Crippen LogP contribution in [0.15, 0.2) is 58.1 Å². The van der Waals surface area contributed by atoms with Crippen LogP contribution in [0, 0.1) is 0 Å². The van der Waals surface area contributed by atoms with Crippen LogP contribution in [0.1, 0.15) is 11.1 Å². The van der Waals surface area contributed by atoms with Crippen molar-refractivity contribution in [2.75, 3.05) is 6.79 Å². The van der Waals surface area contributed by atoms with Gasteiger partial charge in [-0.2, -0.15) is 5.10 Å². The summed E-state index contributed by atoms with van der Waals surface area (Å²) in [6.07, 6.45) is 5.43. The molecule has 0 bridgehead atoms. The van der Waals surface area contributed by atoms with E-state index >= 15 is 0 Å². The van der Waals surface area contributed by atoms with Gasteiger partial charge in [-0.3, -0.25) is 4.79 Å². The second-order valence-electron chi connectivity index (χ2n) is 5.09. The van der Waals surface area contributed by atoms with E-state index in [-0.39, 0.29) is 19.1 Å². The maximum absolute atomic E-state index is 11.8. The van der Waals surface area contributed by atoms with Gasteiger partial charge in [0.2, 0.25) is 12.7 Å². The molecule has 0 radical (unpaired) electrons. The lowest BCUT2D eigenvalue weighted by Gasteiger charge is -2.00. The highest BCUT2D eigenvalue weighted by Crippen LogP contribution is 2.32. The van der Waals surface area contributed by atoms with Crippen molar-refractivity contribution >= 4 is 34.1 Å². The minimum atomic E-state index is -0.162. The zero-order valence-corrected chi connectivity index (χ0v) is 14.3. The topological polar surface area (TPSA) is 59.9 Å². The first-order valence-electron chi connectivity index (χ1n) is 7.33. The number of halogens is 1. The number of amides is 1. The molecule has 0 aromatic heterocycles. The number of carbonyl (C=O) groups excluding carboxylic acids is 1. The van der Waals surface area contributed by atoms with Crippen molar-refractivity contribution in [2.45, 2.75) is 6.42 Å². The molecule has 0 spiro atoms. The lowest BCUT2D eigenvalue weighted by Crippen LogP contribution is -2.19. The Labute approximate surface area is 148 Å². The van der Waals surface area contributed by atoms with Crippen LogP contribution in [-0.2, 0) is 11.2 Å². The maximum Gasteiger partial charge on any atom is 0.244 e. The van der Waals surface area contributed by atoms with Crippen molar-refractivity contribution in [3.63, 3.8) is 0 Å². The number of carbonyl (C=O) groups is 1. The normalized spacial score (nSPS) is 12.9. The second-order valence-corrected chi connectivity index (χ2v) is 6.00. The van der Waals surface area contributed by atoms with Gasteiger partial charge in [0.15, 0.2) is 11.5 Å². The summed E-state index contributed by atoms with van der Waals surface area (Å²) in [6.45, 7) is 0.258. The summed E-state index contributed by atoms with van der Waals surface area (Å²) in [5.41, 5.74) is 4.39. The molecule has 1 heterocycles. The van der Waals surface area contributed by atoms with Gasteiger partial charge in [-0.25, -0.2) is 5.43 Å². The summed E-state index contributed by atoms with van der Waals surface area (Å²) in [5.74, 6) is 1.32. The monoisotopic (exact) mass is 386 g/mol. The Morgan fingerprint density at radius 2 is 1.96 bits per heavy atom. The third kappa shape index (κ3) is 4.45. The molecule has 3 rings (SSSR count). The maximum atomic E-state index is 11.8. The van der Waals surface area contributed by atoms with Gasteiger partial charge in [0.25, 0.3) is 0 Å². The van der Waals surface area contributed by atoms with E-state index in [0.717, 1.165) is 27.1 Å². The molecule has 1 amide bonds. The van der Waals surface area contributed by atoms with Crippen molar-refractivity contribution in [1.29, 1.82) is 0 Å². The quantitative estimate of drug-likeness (QED) is 0.631. The minimum Gasteiger partial charge on any atom is -0.454 e. The third-order valence-electron chi connectivity index (χ3n) is 3.31. The molecular weight excluding hydrogens is 372 g/mol. The van der Waals surface area contributed by atoms with Crippen molar-refractivity contribution in [3.05, 3.63) is 64.1 Å². The van der Waals surface area contributed by atoms with Crippen molar-refractivity contribution in [3.8, 4) is 11.5 Å². The minimum absolute atomic E-state index is 0.162. The Balaban J connectivity index is 1.47. The molecule has 0 fully saturated rings. The Morgan fingerprint density at radius 1 is 1.17 bits per heavy atom. The second kappa shape index (κ2) is 7.79. The average molecular weight is 387 g/mol. The fraction of sp³-hybridized carbons (Fsp3) is 0.111. The van der Waals surface area contributed by atoms with Gasteiger partial charge < -0.3 is 9.47 Å². The van der Waals surface area contributed by atoms with Crippen molar-refractivity contribution in [1.82, 2.24) is 5.43 Å². The highest BCUT2D eigenvalue weighted by atomic mass is 79.9. The van der Waals surface area contributed by atoms with Crippen LogP contribution >= 0.6 is 15.9 Å². The molecule has 5 nitrogen and oxygen atoms in total. The summed E-state index contributed by atoms with van der Waals surface area (Å²) < 4.78 is 11.6. The summed E-state index contributed by atoms with van der Waals surface area (Å²) in [7, 11) is 0. The Bertz CT molecular complexity index is 785. The molecule has 2 aromatic carbocycles. The van der Waals surface area contributed by atoms with Crippen LogP contribution in [0.25, 0.3) is 6.08 Å². The summed E-state index contributed by atoms with van der Waals surface area (Å²) in [6, 6.07) is 13.3. The predicted molar refractivity (Wildman–Crippen MR) is 96.1 cm³/mol. The molecule has 6 heteroatoms. The van der Waals surface area contributed by atoms with Crippen LogP contribution in [-0.4, -0.2) is 18.9 Å². The summed E-state index contributed by atoms with van der Waals surface area (Å²) in [4.78, 5) is 11.8. The van der Waals surface area contributed by atoms with Crippen LogP contribution in [0.3, 0.4) is 0 Å². The molecule has 0 atom stereocenters. The molecule has 24 heavy (non-hydrogen) atoms. The van der Waals surface area contributed by atoms with Gasteiger partial charge in [-0.1, -0.05) is 40.2 Å².